The molecule has 0 unspecified atom stereocenters. The zero-order valence-electron chi connectivity index (χ0n) is 18.4. The van der Waals surface area contributed by atoms with E-state index in [0.717, 1.165) is 45.9 Å². The smallest absolute Gasteiger partial charge is 0.263 e. The van der Waals surface area contributed by atoms with Gasteiger partial charge >= 0.3 is 0 Å². The molecular weight excluding hydrogens is 454 g/mol. The third kappa shape index (κ3) is 4.43. The molecule has 1 N–H and O–H groups in total. The summed E-state index contributed by atoms with van der Waals surface area (Å²) in [6.07, 6.45) is 3.79. The second-order valence-electron chi connectivity index (χ2n) is 8.10. The topological polar surface area (TPSA) is 73.2 Å². The number of carbonyl (C=O) groups excluding carboxylic acids is 1. The lowest BCUT2D eigenvalue weighted by Gasteiger charge is -2.13. The third-order valence-corrected chi connectivity index (χ3v) is 8.08. The van der Waals surface area contributed by atoms with Crippen LogP contribution in [0, 0.1) is 0 Å². The van der Waals surface area contributed by atoms with Crippen LogP contribution in [0.4, 0.5) is 5.69 Å². The predicted octanol–water partition coefficient (Wildman–Crippen LogP) is 4.87. The van der Waals surface area contributed by atoms with Crippen molar-refractivity contribution in [1.29, 1.82) is 0 Å². The molecule has 2 aromatic carbocycles. The van der Waals surface area contributed by atoms with Gasteiger partial charge < -0.3 is 10.1 Å². The van der Waals surface area contributed by atoms with E-state index in [1.54, 1.807) is 23.0 Å². The zero-order valence-corrected chi connectivity index (χ0v) is 20.1. The molecule has 33 heavy (non-hydrogen) atoms. The van der Waals surface area contributed by atoms with Gasteiger partial charge in [-0.1, -0.05) is 48.2 Å². The predicted molar refractivity (Wildman–Crippen MR) is 136 cm³/mol. The molecule has 8 heteroatoms. The molecule has 5 rings (SSSR count). The molecule has 1 aliphatic rings. The monoisotopic (exact) mass is 479 g/mol. The van der Waals surface area contributed by atoms with Gasteiger partial charge in [0, 0.05) is 36.2 Å². The van der Waals surface area contributed by atoms with Gasteiger partial charge in [0.25, 0.3) is 5.56 Å². The van der Waals surface area contributed by atoms with Gasteiger partial charge in [0.1, 0.15) is 4.83 Å². The highest BCUT2D eigenvalue weighted by atomic mass is 32.2. The minimum Gasteiger partial charge on any atom is -0.385 e. The fourth-order valence-corrected chi connectivity index (χ4v) is 6.51. The molecule has 0 spiro atoms. The van der Waals surface area contributed by atoms with Gasteiger partial charge in [-0.15, -0.1) is 11.3 Å². The van der Waals surface area contributed by atoms with E-state index in [2.05, 4.69) is 5.32 Å². The summed E-state index contributed by atoms with van der Waals surface area (Å²) >= 11 is 2.94. The van der Waals surface area contributed by atoms with E-state index in [9.17, 15) is 9.59 Å². The number of hydrogen-bond acceptors (Lipinski definition) is 6. The Labute approximate surface area is 200 Å². The molecule has 0 saturated heterocycles. The van der Waals surface area contributed by atoms with Crippen molar-refractivity contribution in [2.24, 2.45) is 0 Å². The van der Waals surface area contributed by atoms with Gasteiger partial charge in [-0.3, -0.25) is 14.2 Å². The lowest BCUT2D eigenvalue weighted by atomic mass is 10.1. The number of fused-ring (bicyclic) bond motifs is 4. The van der Waals surface area contributed by atoms with Gasteiger partial charge in [0.2, 0.25) is 5.91 Å². The Morgan fingerprint density at radius 3 is 2.94 bits per heavy atom. The first-order chi connectivity index (χ1) is 16.2. The molecule has 6 nitrogen and oxygen atoms in total. The number of benzene rings is 2. The Hall–Kier alpha value is -2.68. The number of aromatic nitrogens is 2. The molecule has 1 aliphatic carbocycles. The van der Waals surface area contributed by atoms with Crippen molar-refractivity contribution in [2.75, 3.05) is 24.8 Å². The van der Waals surface area contributed by atoms with Crippen molar-refractivity contribution in [3.63, 3.8) is 0 Å². The number of anilines is 1. The summed E-state index contributed by atoms with van der Waals surface area (Å²) in [5.74, 6) is 0.0547. The first kappa shape index (κ1) is 22.1. The number of methoxy groups -OCH3 is 1. The first-order valence-electron chi connectivity index (χ1n) is 11.1. The van der Waals surface area contributed by atoms with E-state index < -0.39 is 0 Å². The van der Waals surface area contributed by atoms with Crippen LogP contribution < -0.4 is 10.9 Å². The first-order valence-corrected chi connectivity index (χ1v) is 12.9. The standard InChI is InChI=1S/C25H25N3O3S2/c1-31-14-6-13-28-24(30)22-18-10-5-12-20(18)33-23(22)27-25(28)32-15-21(29)26-19-11-4-8-16-7-2-3-9-17(16)19/h2-4,7-9,11H,5-6,10,12-15H2,1H3,(H,26,29). The zero-order chi connectivity index (χ0) is 22.8. The van der Waals surface area contributed by atoms with Crippen LogP contribution in [-0.4, -0.2) is 34.9 Å². The van der Waals surface area contributed by atoms with E-state index in [-0.39, 0.29) is 17.2 Å². The fourth-order valence-electron chi connectivity index (χ4n) is 4.38. The van der Waals surface area contributed by atoms with Crippen LogP contribution in [0.3, 0.4) is 0 Å². The molecule has 170 valence electrons. The van der Waals surface area contributed by atoms with Crippen LogP contribution >= 0.6 is 23.1 Å². The number of nitrogens with one attached hydrogen (secondary N) is 1. The fraction of sp³-hybridized carbons (Fsp3) is 0.320. The van der Waals surface area contributed by atoms with Crippen molar-refractivity contribution in [3.8, 4) is 0 Å². The summed E-state index contributed by atoms with van der Waals surface area (Å²) in [6.45, 7) is 1.09. The highest BCUT2D eigenvalue weighted by molar-refractivity contribution is 7.99. The number of carbonyl (C=O) groups is 1. The van der Waals surface area contributed by atoms with Gasteiger partial charge in [-0.25, -0.2) is 4.98 Å². The van der Waals surface area contributed by atoms with E-state index in [1.807, 2.05) is 42.5 Å². The van der Waals surface area contributed by atoms with Crippen molar-refractivity contribution in [1.82, 2.24) is 9.55 Å². The molecule has 0 saturated carbocycles. The maximum atomic E-state index is 13.4. The van der Waals surface area contributed by atoms with Crippen molar-refractivity contribution in [2.45, 2.75) is 37.4 Å². The summed E-state index contributed by atoms with van der Waals surface area (Å²) in [7, 11) is 1.66. The van der Waals surface area contributed by atoms with Gasteiger partial charge in [0.15, 0.2) is 5.16 Å². The SMILES string of the molecule is COCCCn1c(SCC(=O)Nc2cccc3ccccc23)nc2sc3c(c2c1=O)CCC3. The maximum absolute atomic E-state index is 13.4. The molecule has 0 radical (unpaired) electrons. The number of thioether (sulfide) groups is 1. The van der Waals surface area contributed by atoms with Gasteiger partial charge in [-0.2, -0.15) is 0 Å². The summed E-state index contributed by atoms with van der Waals surface area (Å²) in [6, 6.07) is 13.8. The van der Waals surface area contributed by atoms with Crippen molar-refractivity contribution in [3.05, 3.63) is 63.3 Å². The molecule has 4 aromatic rings. The second-order valence-corrected chi connectivity index (χ2v) is 10.1. The lowest BCUT2D eigenvalue weighted by Crippen LogP contribution is -2.25. The Morgan fingerprint density at radius 2 is 2.06 bits per heavy atom. The molecule has 2 heterocycles. The van der Waals surface area contributed by atoms with Crippen LogP contribution in [0.25, 0.3) is 21.0 Å². The molecule has 2 aromatic heterocycles. The minimum absolute atomic E-state index is 0.00691. The molecule has 0 atom stereocenters. The van der Waals surface area contributed by atoms with Crippen molar-refractivity contribution >= 4 is 55.7 Å². The molecule has 0 bridgehead atoms. The Bertz CT molecular complexity index is 1390. The van der Waals surface area contributed by atoms with Crippen LogP contribution in [0.1, 0.15) is 23.3 Å². The molecule has 0 aliphatic heterocycles. The maximum Gasteiger partial charge on any atom is 0.263 e. The van der Waals surface area contributed by atoms with Crippen molar-refractivity contribution < 1.29 is 9.53 Å². The number of hydrogen-bond donors (Lipinski definition) is 1. The quantitative estimate of drug-likeness (QED) is 0.222. The summed E-state index contributed by atoms with van der Waals surface area (Å²) in [4.78, 5) is 33.1. The molecule has 1 amide bonds. The average molecular weight is 480 g/mol. The number of ether oxygens (including phenoxy) is 1. The highest BCUT2D eigenvalue weighted by Gasteiger charge is 2.23. The van der Waals surface area contributed by atoms with E-state index >= 15 is 0 Å². The van der Waals surface area contributed by atoms with E-state index in [0.29, 0.717) is 24.7 Å². The highest BCUT2D eigenvalue weighted by Crippen LogP contribution is 2.35. The van der Waals surface area contributed by atoms with E-state index in [4.69, 9.17) is 9.72 Å². The van der Waals surface area contributed by atoms with E-state index in [1.165, 1.54) is 22.2 Å². The number of rotatable bonds is 8. The van der Waals surface area contributed by atoms with Crippen LogP contribution in [0.15, 0.2) is 52.4 Å². The lowest BCUT2D eigenvalue weighted by molar-refractivity contribution is -0.113. The number of aryl methyl sites for hydroxylation is 2. The summed E-state index contributed by atoms with van der Waals surface area (Å²) in [5.41, 5.74) is 1.97. The van der Waals surface area contributed by atoms with Crippen LogP contribution in [0.5, 0.6) is 0 Å². The Kier molecular flexibility index (Phi) is 6.48. The number of nitrogens with zero attached hydrogens (tertiary/aromatic N) is 2. The Morgan fingerprint density at radius 1 is 1.21 bits per heavy atom. The summed E-state index contributed by atoms with van der Waals surface area (Å²) in [5, 5.41) is 6.46. The minimum atomic E-state index is -0.122. The third-order valence-electron chi connectivity index (χ3n) is 5.92. The van der Waals surface area contributed by atoms with Crippen LogP contribution in [0.2, 0.25) is 0 Å². The number of amides is 1. The number of thiophene rings is 1. The Balaban J connectivity index is 1.40. The van der Waals surface area contributed by atoms with Crippen LogP contribution in [-0.2, 0) is 28.9 Å². The average Bonchev–Trinajstić information content (AvgIpc) is 3.41. The normalized spacial score (nSPS) is 13.0. The molecular formula is C25H25N3O3S2. The summed E-state index contributed by atoms with van der Waals surface area (Å²) < 4.78 is 6.91. The second kappa shape index (κ2) is 9.67. The largest absolute Gasteiger partial charge is 0.385 e. The van der Waals surface area contributed by atoms with Gasteiger partial charge in [-0.05, 0) is 42.7 Å². The molecule has 0 fully saturated rings. The van der Waals surface area contributed by atoms with Gasteiger partial charge in [0.05, 0.1) is 11.1 Å².